The summed E-state index contributed by atoms with van der Waals surface area (Å²) in [5.41, 5.74) is 0. The molecule has 0 aliphatic carbocycles. The molecule has 3 rings (SSSR count). The van der Waals surface area contributed by atoms with E-state index in [0.717, 1.165) is 19.4 Å². The van der Waals surface area contributed by atoms with Gasteiger partial charge >= 0.3 is 0 Å². The molecule has 0 amide bonds. The van der Waals surface area contributed by atoms with Crippen molar-refractivity contribution in [2.75, 3.05) is 49.2 Å². The highest BCUT2D eigenvalue weighted by atomic mass is 19.1. The van der Waals surface area contributed by atoms with Crippen LogP contribution in [0.2, 0.25) is 0 Å². The van der Waals surface area contributed by atoms with E-state index in [1.807, 2.05) is 9.80 Å². The number of hydrogen-bond donors (Lipinski definition) is 1. The zero-order valence-electron chi connectivity index (χ0n) is 12.0. The number of anilines is 2. The summed E-state index contributed by atoms with van der Waals surface area (Å²) in [4.78, 5) is 12.5. The van der Waals surface area contributed by atoms with Gasteiger partial charge in [-0.05, 0) is 19.3 Å². The fourth-order valence-electron chi connectivity index (χ4n) is 2.78. The van der Waals surface area contributed by atoms with Crippen molar-refractivity contribution in [2.24, 2.45) is 0 Å². The Morgan fingerprint density at radius 2 is 1.95 bits per heavy atom. The summed E-state index contributed by atoms with van der Waals surface area (Å²) in [5, 5.41) is 9.71. The molecule has 3 heterocycles. The van der Waals surface area contributed by atoms with E-state index >= 15 is 0 Å². The Balaban J connectivity index is 1.79. The third kappa shape index (κ3) is 3.41. The molecular weight excluding hydrogens is 275 g/mol. The van der Waals surface area contributed by atoms with E-state index in [1.54, 1.807) is 0 Å². The van der Waals surface area contributed by atoms with Gasteiger partial charge < -0.3 is 19.6 Å². The molecule has 1 aromatic rings. The molecule has 0 aromatic carbocycles. The smallest absolute Gasteiger partial charge is 0.227 e. The number of aromatic nitrogens is 2. The number of aliphatic hydroxyl groups is 1. The number of aliphatic hydroxyl groups excluding tert-OH is 1. The summed E-state index contributed by atoms with van der Waals surface area (Å²) in [6.07, 6.45) is 3.39. The van der Waals surface area contributed by atoms with Crippen molar-refractivity contribution in [1.29, 1.82) is 0 Å². The zero-order chi connectivity index (χ0) is 14.7. The van der Waals surface area contributed by atoms with Crippen LogP contribution in [0.25, 0.3) is 0 Å². The van der Waals surface area contributed by atoms with Crippen molar-refractivity contribution in [3.8, 4) is 0 Å². The Labute approximate surface area is 123 Å². The molecule has 2 aliphatic rings. The summed E-state index contributed by atoms with van der Waals surface area (Å²) in [5.74, 6) is 0.510. The Morgan fingerprint density at radius 3 is 2.76 bits per heavy atom. The number of hydrogen-bond acceptors (Lipinski definition) is 6. The lowest BCUT2D eigenvalue weighted by Gasteiger charge is -2.29. The van der Waals surface area contributed by atoms with Gasteiger partial charge in [0.25, 0.3) is 0 Å². The molecule has 1 aromatic heterocycles. The fraction of sp³-hybridized carbons (Fsp3) is 0.714. The van der Waals surface area contributed by atoms with Crippen molar-refractivity contribution >= 4 is 11.8 Å². The van der Waals surface area contributed by atoms with Gasteiger partial charge in [0.05, 0.1) is 25.5 Å². The lowest BCUT2D eigenvalue weighted by molar-refractivity contribution is 0.122. The van der Waals surface area contributed by atoms with Gasteiger partial charge in [-0.2, -0.15) is 4.98 Å². The molecule has 1 unspecified atom stereocenters. The normalized spacial score (nSPS) is 24.0. The molecule has 1 N–H and O–H groups in total. The molecule has 0 spiro atoms. The third-order valence-electron chi connectivity index (χ3n) is 4.00. The first-order valence-corrected chi connectivity index (χ1v) is 7.52. The lowest BCUT2D eigenvalue weighted by Crippen LogP contribution is -2.38. The molecular formula is C14H21FN4O2. The van der Waals surface area contributed by atoms with Crippen molar-refractivity contribution in [2.45, 2.75) is 25.4 Å². The largest absolute Gasteiger partial charge is 0.393 e. The molecule has 0 saturated carbocycles. The van der Waals surface area contributed by atoms with Gasteiger partial charge in [-0.1, -0.05) is 0 Å². The summed E-state index contributed by atoms with van der Waals surface area (Å²) in [6.45, 7) is 3.97. The highest BCUT2D eigenvalue weighted by molar-refractivity contribution is 5.45. The molecule has 0 bridgehead atoms. The van der Waals surface area contributed by atoms with Crippen molar-refractivity contribution < 1.29 is 14.2 Å². The molecule has 0 radical (unpaired) electrons. The second-order valence-electron chi connectivity index (χ2n) is 5.51. The predicted molar refractivity (Wildman–Crippen MR) is 77.1 cm³/mol. The topological polar surface area (TPSA) is 61.7 Å². The van der Waals surface area contributed by atoms with E-state index in [4.69, 9.17) is 4.74 Å². The lowest BCUT2D eigenvalue weighted by atomic mass is 10.2. The number of ether oxygens (including phenoxy) is 1. The summed E-state index contributed by atoms with van der Waals surface area (Å²) in [7, 11) is 0. The van der Waals surface area contributed by atoms with E-state index in [-0.39, 0.29) is 6.10 Å². The second-order valence-corrected chi connectivity index (χ2v) is 5.51. The summed E-state index contributed by atoms with van der Waals surface area (Å²) < 4.78 is 19.3. The van der Waals surface area contributed by atoms with Crippen LogP contribution in [0.4, 0.5) is 16.2 Å². The van der Waals surface area contributed by atoms with Gasteiger partial charge in [0.1, 0.15) is 0 Å². The van der Waals surface area contributed by atoms with Gasteiger partial charge in [-0.15, -0.1) is 0 Å². The van der Waals surface area contributed by atoms with E-state index in [2.05, 4.69) is 9.97 Å². The first kappa shape index (κ1) is 14.5. The average Bonchev–Trinajstić information content (AvgIpc) is 2.73. The average molecular weight is 296 g/mol. The molecule has 2 aliphatic heterocycles. The van der Waals surface area contributed by atoms with Gasteiger partial charge in [0.2, 0.25) is 5.95 Å². The van der Waals surface area contributed by atoms with Gasteiger partial charge in [-0.25, -0.2) is 9.37 Å². The predicted octanol–water partition coefficient (Wildman–Crippen LogP) is 0.803. The molecule has 21 heavy (non-hydrogen) atoms. The number of halogens is 1. The third-order valence-corrected chi connectivity index (χ3v) is 4.00. The monoisotopic (exact) mass is 296 g/mol. The van der Waals surface area contributed by atoms with Crippen molar-refractivity contribution in [3.63, 3.8) is 0 Å². The van der Waals surface area contributed by atoms with E-state index in [0.29, 0.717) is 51.0 Å². The molecule has 6 nitrogen and oxygen atoms in total. The minimum Gasteiger partial charge on any atom is -0.393 e. The maximum Gasteiger partial charge on any atom is 0.227 e. The summed E-state index contributed by atoms with van der Waals surface area (Å²) in [6, 6.07) is 0. The van der Waals surface area contributed by atoms with Crippen LogP contribution < -0.4 is 9.80 Å². The SMILES string of the molecule is OC1CCCN(c2ncc(F)c(N3CCOCC3)n2)CC1. The first-order chi connectivity index (χ1) is 10.2. The van der Waals surface area contributed by atoms with Crippen LogP contribution in [0.5, 0.6) is 0 Å². The molecule has 2 saturated heterocycles. The van der Waals surface area contributed by atoms with Crippen molar-refractivity contribution in [3.05, 3.63) is 12.0 Å². The Hall–Kier alpha value is -1.47. The molecule has 116 valence electrons. The minimum atomic E-state index is -0.393. The van der Waals surface area contributed by atoms with E-state index < -0.39 is 5.82 Å². The van der Waals surface area contributed by atoms with E-state index in [1.165, 1.54) is 6.20 Å². The van der Waals surface area contributed by atoms with Crippen LogP contribution in [-0.4, -0.2) is 60.6 Å². The second kappa shape index (κ2) is 6.53. The Bertz CT molecular complexity index is 482. The number of rotatable bonds is 2. The van der Waals surface area contributed by atoms with Gasteiger partial charge in [0, 0.05) is 26.2 Å². The molecule has 2 fully saturated rings. The summed E-state index contributed by atoms with van der Waals surface area (Å²) >= 11 is 0. The Morgan fingerprint density at radius 1 is 1.14 bits per heavy atom. The highest BCUT2D eigenvalue weighted by Crippen LogP contribution is 2.22. The van der Waals surface area contributed by atoms with Crippen molar-refractivity contribution in [1.82, 2.24) is 9.97 Å². The number of nitrogens with zero attached hydrogens (tertiary/aromatic N) is 4. The minimum absolute atomic E-state index is 0.255. The van der Waals surface area contributed by atoms with Gasteiger partial charge in [0.15, 0.2) is 11.6 Å². The van der Waals surface area contributed by atoms with Crippen LogP contribution >= 0.6 is 0 Å². The van der Waals surface area contributed by atoms with Crippen LogP contribution in [0.1, 0.15) is 19.3 Å². The van der Waals surface area contributed by atoms with Gasteiger partial charge in [-0.3, -0.25) is 0 Å². The maximum absolute atomic E-state index is 14.0. The molecule has 1 atom stereocenters. The standard InChI is InChI=1S/C14H21FN4O2/c15-12-10-16-14(19-4-1-2-11(20)3-5-19)17-13(12)18-6-8-21-9-7-18/h10-11,20H,1-9H2. The maximum atomic E-state index is 14.0. The van der Waals surface area contributed by atoms with E-state index in [9.17, 15) is 9.50 Å². The molecule has 7 heteroatoms. The van der Waals surface area contributed by atoms with Crippen LogP contribution in [0, 0.1) is 5.82 Å². The fourth-order valence-corrected chi connectivity index (χ4v) is 2.78. The number of morpholine rings is 1. The quantitative estimate of drug-likeness (QED) is 0.871. The first-order valence-electron chi connectivity index (χ1n) is 7.52. The van der Waals surface area contributed by atoms with Crippen LogP contribution in [-0.2, 0) is 4.74 Å². The van der Waals surface area contributed by atoms with Crippen LogP contribution in [0.15, 0.2) is 6.20 Å². The zero-order valence-corrected chi connectivity index (χ0v) is 12.0. The highest BCUT2D eigenvalue weighted by Gasteiger charge is 2.21. The Kier molecular flexibility index (Phi) is 4.50. The van der Waals surface area contributed by atoms with Crippen LogP contribution in [0.3, 0.4) is 0 Å².